The molecule has 18 heavy (non-hydrogen) atoms. The third-order valence-corrected chi connectivity index (χ3v) is 3.40. The Hall–Kier alpha value is -0.330. The predicted octanol–water partition coefficient (Wildman–Crippen LogP) is 2.05. The van der Waals surface area contributed by atoms with E-state index in [1.165, 1.54) is 0 Å². The molecule has 0 aliphatic carbocycles. The molecule has 1 fully saturated rings. The van der Waals surface area contributed by atoms with Crippen LogP contribution in [0.15, 0.2) is 0 Å². The molecule has 108 valence electrons. The van der Waals surface area contributed by atoms with Crippen molar-refractivity contribution in [1.82, 2.24) is 4.90 Å². The van der Waals surface area contributed by atoms with Gasteiger partial charge < -0.3 is 9.84 Å². The molecule has 0 radical (unpaired) electrons. The molecule has 3 nitrogen and oxygen atoms in total. The van der Waals surface area contributed by atoms with Crippen LogP contribution >= 0.6 is 0 Å². The van der Waals surface area contributed by atoms with Crippen molar-refractivity contribution >= 4 is 0 Å². The topological polar surface area (TPSA) is 32.7 Å². The van der Waals surface area contributed by atoms with Gasteiger partial charge in [0, 0.05) is 20.2 Å². The second kappa shape index (κ2) is 6.21. The van der Waals surface area contributed by atoms with Crippen LogP contribution in [0.5, 0.6) is 0 Å². The van der Waals surface area contributed by atoms with Gasteiger partial charge in [0.2, 0.25) is 0 Å². The monoisotopic (exact) mass is 269 g/mol. The van der Waals surface area contributed by atoms with Crippen molar-refractivity contribution in [2.75, 3.05) is 33.4 Å². The van der Waals surface area contributed by atoms with Crippen molar-refractivity contribution in [1.29, 1.82) is 0 Å². The van der Waals surface area contributed by atoms with Gasteiger partial charge in [-0.1, -0.05) is 6.42 Å². The molecule has 0 bridgehead atoms. The van der Waals surface area contributed by atoms with Gasteiger partial charge in [0.25, 0.3) is 0 Å². The molecule has 1 rings (SSSR count). The summed E-state index contributed by atoms with van der Waals surface area (Å²) < 4.78 is 43.0. The summed E-state index contributed by atoms with van der Waals surface area (Å²) in [6.07, 6.45) is -1.75. The smallest absolute Gasteiger partial charge is 0.384 e. The first-order valence-electron chi connectivity index (χ1n) is 6.26. The molecule has 0 saturated carbocycles. The number of likely N-dealkylation sites (tertiary alicyclic amines) is 1. The minimum atomic E-state index is -4.59. The maximum Gasteiger partial charge on any atom is 0.418 e. The molecule has 0 aromatic heterocycles. The molecule has 1 aliphatic rings. The van der Waals surface area contributed by atoms with E-state index in [9.17, 15) is 18.3 Å². The lowest BCUT2D eigenvalue weighted by Crippen LogP contribution is -2.52. The van der Waals surface area contributed by atoms with E-state index in [1.54, 1.807) is 12.0 Å². The highest BCUT2D eigenvalue weighted by molar-refractivity contribution is 4.86. The quantitative estimate of drug-likeness (QED) is 0.848. The van der Waals surface area contributed by atoms with Crippen LogP contribution in [0.3, 0.4) is 0 Å². The Morgan fingerprint density at radius 3 is 2.56 bits per heavy atom. The fourth-order valence-corrected chi connectivity index (χ4v) is 2.36. The molecule has 0 unspecified atom stereocenters. The van der Waals surface area contributed by atoms with E-state index in [1.807, 2.05) is 0 Å². The van der Waals surface area contributed by atoms with Crippen LogP contribution in [0.25, 0.3) is 0 Å². The normalized spacial score (nSPS) is 26.7. The van der Waals surface area contributed by atoms with Gasteiger partial charge in [-0.25, -0.2) is 0 Å². The maximum absolute atomic E-state index is 12.6. The van der Waals surface area contributed by atoms with Crippen LogP contribution in [0.4, 0.5) is 13.2 Å². The number of methoxy groups -OCH3 is 1. The Morgan fingerprint density at radius 1 is 1.33 bits per heavy atom. The van der Waals surface area contributed by atoms with Crippen molar-refractivity contribution in [3.05, 3.63) is 0 Å². The van der Waals surface area contributed by atoms with Crippen LogP contribution in [-0.4, -0.2) is 55.1 Å². The summed E-state index contributed by atoms with van der Waals surface area (Å²) in [4.78, 5) is 1.70. The zero-order valence-corrected chi connectivity index (χ0v) is 11.0. The summed E-state index contributed by atoms with van der Waals surface area (Å²) in [5, 5.41) is 9.51. The number of nitrogens with zero attached hydrogens (tertiary/aromatic N) is 1. The van der Waals surface area contributed by atoms with Crippen molar-refractivity contribution in [3.63, 3.8) is 0 Å². The predicted molar refractivity (Wildman–Crippen MR) is 62.3 cm³/mol. The molecule has 1 N–H and O–H groups in total. The largest absolute Gasteiger partial charge is 0.418 e. The summed E-state index contributed by atoms with van der Waals surface area (Å²) in [5.41, 5.74) is -2.64. The summed E-state index contributed by atoms with van der Waals surface area (Å²) in [7, 11) is 1.60. The Bertz CT molecular complexity index is 256. The van der Waals surface area contributed by atoms with Gasteiger partial charge in [0.05, 0.1) is 6.61 Å². The van der Waals surface area contributed by atoms with Gasteiger partial charge in [-0.05, 0) is 32.2 Å². The Kier molecular flexibility index (Phi) is 5.43. The number of rotatable bonds is 4. The number of alkyl halides is 3. The second-order valence-electron chi connectivity index (χ2n) is 5.32. The number of ether oxygens (including phenoxy) is 1. The lowest BCUT2D eigenvalue weighted by atomic mass is 10.0. The first kappa shape index (κ1) is 15.7. The molecular weight excluding hydrogens is 247 g/mol. The van der Waals surface area contributed by atoms with E-state index >= 15 is 0 Å². The number of aliphatic hydroxyl groups is 1. The van der Waals surface area contributed by atoms with Gasteiger partial charge in [-0.2, -0.15) is 13.2 Å². The first-order chi connectivity index (χ1) is 8.26. The number of β-amino-alcohol motifs (C(OH)–C–C–N with tert-alkyl or cyclic N) is 1. The average molecular weight is 269 g/mol. The van der Waals surface area contributed by atoms with Crippen molar-refractivity contribution in [2.24, 2.45) is 5.92 Å². The van der Waals surface area contributed by atoms with E-state index in [2.05, 4.69) is 0 Å². The summed E-state index contributed by atoms with van der Waals surface area (Å²) in [5.74, 6) is 0.251. The lowest BCUT2D eigenvalue weighted by Gasteiger charge is -2.33. The van der Waals surface area contributed by atoms with Crippen LogP contribution in [0.2, 0.25) is 0 Å². The molecule has 2 atom stereocenters. The fraction of sp³-hybridized carbons (Fsp3) is 1.00. The molecule has 1 saturated heterocycles. The lowest BCUT2D eigenvalue weighted by molar-refractivity contribution is -0.257. The highest BCUT2D eigenvalue weighted by Crippen LogP contribution is 2.31. The molecular formula is C12H22F3NO2. The van der Waals surface area contributed by atoms with Crippen LogP contribution < -0.4 is 0 Å². The van der Waals surface area contributed by atoms with Gasteiger partial charge in [-0.15, -0.1) is 0 Å². The zero-order valence-electron chi connectivity index (χ0n) is 11.0. The van der Waals surface area contributed by atoms with Crippen molar-refractivity contribution in [2.45, 2.75) is 38.0 Å². The molecule has 6 heteroatoms. The van der Waals surface area contributed by atoms with Gasteiger partial charge in [0.15, 0.2) is 5.60 Å². The second-order valence-corrected chi connectivity index (χ2v) is 5.32. The van der Waals surface area contributed by atoms with Gasteiger partial charge >= 0.3 is 6.18 Å². The van der Waals surface area contributed by atoms with Crippen molar-refractivity contribution < 1.29 is 23.0 Å². The van der Waals surface area contributed by atoms with Crippen LogP contribution in [0.1, 0.15) is 26.2 Å². The standard InChI is InChI=1S/C12H22F3NO2/c1-11(17,12(13,14)15)9-16-6-4-3-5-10(7-16)8-18-2/h10,17H,3-9H2,1-2H3/t10-,11-/m0/s1. The Balaban J connectivity index is 2.59. The minimum Gasteiger partial charge on any atom is -0.384 e. The fourth-order valence-electron chi connectivity index (χ4n) is 2.36. The number of hydrogen-bond acceptors (Lipinski definition) is 3. The third-order valence-electron chi connectivity index (χ3n) is 3.40. The van der Waals surface area contributed by atoms with E-state index in [4.69, 9.17) is 4.74 Å². The molecule has 0 aromatic rings. The molecule has 0 spiro atoms. The highest BCUT2D eigenvalue weighted by atomic mass is 19.4. The van der Waals surface area contributed by atoms with Crippen molar-refractivity contribution in [3.8, 4) is 0 Å². The SMILES string of the molecule is COC[C@H]1CCCCN(C[C@](C)(O)C(F)(F)F)C1. The van der Waals surface area contributed by atoms with E-state index in [0.717, 1.165) is 26.2 Å². The summed E-state index contributed by atoms with van der Waals surface area (Å²) in [6, 6.07) is 0. The summed E-state index contributed by atoms with van der Waals surface area (Å²) >= 11 is 0. The zero-order chi connectivity index (χ0) is 13.8. The Morgan fingerprint density at radius 2 is 2.00 bits per heavy atom. The number of halogens is 3. The minimum absolute atomic E-state index is 0.251. The molecule has 1 aliphatic heterocycles. The van der Waals surface area contributed by atoms with E-state index < -0.39 is 11.8 Å². The van der Waals surface area contributed by atoms with Crippen LogP contribution in [-0.2, 0) is 4.74 Å². The maximum atomic E-state index is 12.6. The Labute approximate surface area is 106 Å². The molecule has 0 aromatic carbocycles. The first-order valence-corrected chi connectivity index (χ1v) is 6.26. The molecule has 0 amide bonds. The van der Waals surface area contributed by atoms with Gasteiger partial charge in [-0.3, -0.25) is 4.90 Å². The molecule has 1 heterocycles. The highest BCUT2D eigenvalue weighted by Gasteiger charge is 2.50. The third kappa shape index (κ3) is 4.40. The van der Waals surface area contributed by atoms with Crippen LogP contribution in [0, 0.1) is 5.92 Å². The van der Waals surface area contributed by atoms with Gasteiger partial charge in [0.1, 0.15) is 0 Å². The van der Waals surface area contributed by atoms with E-state index in [0.29, 0.717) is 19.7 Å². The number of hydrogen-bond donors (Lipinski definition) is 1. The average Bonchev–Trinajstić information content (AvgIpc) is 2.41. The summed E-state index contributed by atoms with van der Waals surface area (Å²) in [6.45, 7) is 2.19. The van der Waals surface area contributed by atoms with E-state index in [-0.39, 0.29) is 12.5 Å².